The maximum absolute atomic E-state index is 10.9. The summed E-state index contributed by atoms with van der Waals surface area (Å²) in [6.07, 6.45) is -2.54. The van der Waals surface area contributed by atoms with E-state index >= 15 is 0 Å². The molecule has 0 heterocycles. The molecule has 0 bridgehead atoms. The molecular weight excluding hydrogens is 344 g/mol. The van der Waals surface area contributed by atoms with Crippen molar-refractivity contribution in [3.63, 3.8) is 0 Å². The topological polar surface area (TPSA) is 141 Å². The highest BCUT2D eigenvalue weighted by atomic mass is 16.5. The molecule has 0 amide bonds. The number of benzene rings is 2. The fourth-order valence-corrected chi connectivity index (χ4v) is 2.03. The van der Waals surface area contributed by atoms with E-state index in [0.717, 1.165) is 22.1 Å². The van der Waals surface area contributed by atoms with Crippen LogP contribution in [0.5, 0.6) is 5.75 Å². The van der Waals surface area contributed by atoms with E-state index in [2.05, 4.69) is 0 Å². The average Bonchev–Trinajstić information content (AvgIpc) is 2.59. The molecule has 0 aliphatic heterocycles. The van der Waals surface area contributed by atoms with Gasteiger partial charge in [0.15, 0.2) is 6.10 Å². The lowest BCUT2D eigenvalue weighted by Crippen LogP contribution is -2.22. The number of carboxylic acid groups (broad SMARTS) is 3. The first-order valence-electron chi connectivity index (χ1n) is 7.59. The number of hydrogen-bond acceptors (Lipinski definition) is 5. The number of aliphatic hydroxyl groups is 1. The molecule has 0 aliphatic rings. The number of hydrogen-bond donors (Lipinski definition) is 4. The minimum atomic E-state index is -1.79. The van der Waals surface area contributed by atoms with Gasteiger partial charge in [-0.15, -0.1) is 0 Å². The van der Waals surface area contributed by atoms with Crippen LogP contribution in [0, 0.1) is 0 Å². The van der Waals surface area contributed by atoms with E-state index in [1.807, 2.05) is 36.4 Å². The highest BCUT2D eigenvalue weighted by Gasteiger charge is 2.16. The van der Waals surface area contributed by atoms with Crippen LogP contribution < -0.4 is 4.74 Å². The highest BCUT2D eigenvalue weighted by Crippen LogP contribution is 2.25. The Bertz CT molecular complexity index is 799. The number of fused-ring (bicyclic) bond motifs is 1. The van der Waals surface area contributed by atoms with Gasteiger partial charge in [0.25, 0.3) is 0 Å². The smallest absolute Gasteiger partial charge is 0.333 e. The summed E-state index contributed by atoms with van der Waals surface area (Å²) in [5.41, 5.74) is 0.815. The second kappa shape index (κ2) is 9.38. The first-order chi connectivity index (χ1) is 12.1. The summed E-state index contributed by atoms with van der Waals surface area (Å²) in [6, 6.07) is 11.4. The zero-order chi connectivity index (χ0) is 19.9. The first kappa shape index (κ1) is 20.9. The van der Waals surface area contributed by atoms with Crippen molar-refractivity contribution in [1.82, 2.24) is 0 Å². The van der Waals surface area contributed by atoms with Crippen molar-refractivity contribution in [2.75, 3.05) is 7.11 Å². The summed E-state index contributed by atoms with van der Waals surface area (Å²) in [4.78, 5) is 30.3. The number of aliphatic hydroxyl groups excluding tert-OH is 1. The third-order valence-corrected chi connectivity index (χ3v) is 3.59. The van der Waals surface area contributed by atoms with Crippen molar-refractivity contribution in [2.45, 2.75) is 25.4 Å². The van der Waals surface area contributed by atoms with E-state index in [9.17, 15) is 14.4 Å². The summed E-state index contributed by atoms with van der Waals surface area (Å²) in [7, 11) is 1.63. The van der Waals surface area contributed by atoms with Gasteiger partial charge in [0.1, 0.15) is 5.75 Å². The third-order valence-electron chi connectivity index (χ3n) is 3.59. The molecule has 140 valence electrons. The van der Waals surface area contributed by atoms with Crippen LogP contribution in [0.3, 0.4) is 0 Å². The summed E-state index contributed by atoms with van der Waals surface area (Å²) < 4.78 is 5.14. The van der Waals surface area contributed by atoms with Gasteiger partial charge in [-0.1, -0.05) is 24.3 Å². The Morgan fingerprint density at radius 1 is 0.962 bits per heavy atom. The summed E-state index contributed by atoms with van der Waals surface area (Å²) in [6.45, 7) is 1.69. The predicted molar refractivity (Wildman–Crippen MR) is 92.4 cm³/mol. The SMILES string of the molecule is COc1ccc2cc(C(C)C(=O)O)ccc2c1.O=C(O)CC(O)C(=O)O. The molecule has 4 N–H and O–H groups in total. The Balaban J connectivity index is 0.000000321. The lowest BCUT2D eigenvalue weighted by Gasteiger charge is -2.08. The molecule has 2 aromatic carbocycles. The average molecular weight is 364 g/mol. The van der Waals surface area contributed by atoms with Gasteiger partial charge in [-0.05, 0) is 35.4 Å². The van der Waals surface area contributed by atoms with Crippen LogP contribution in [0.4, 0.5) is 0 Å². The molecule has 0 spiro atoms. The molecule has 2 rings (SSSR count). The third kappa shape index (κ3) is 6.06. The van der Waals surface area contributed by atoms with E-state index < -0.39 is 36.4 Å². The molecule has 0 aliphatic carbocycles. The summed E-state index contributed by atoms with van der Waals surface area (Å²) >= 11 is 0. The minimum Gasteiger partial charge on any atom is -0.497 e. The van der Waals surface area contributed by atoms with E-state index in [-0.39, 0.29) is 0 Å². The van der Waals surface area contributed by atoms with Crippen molar-refractivity contribution < 1.29 is 39.5 Å². The zero-order valence-corrected chi connectivity index (χ0v) is 14.2. The van der Waals surface area contributed by atoms with Crippen LogP contribution in [0.1, 0.15) is 24.8 Å². The molecule has 0 radical (unpaired) electrons. The van der Waals surface area contributed by atoms with E-state index in [0.29, 0.717) is 0 Å². The molecule has 2 atom stereocenters. The second-order valence-electron chi connectivity index (χ2n) is 5.48. The van der Waals surface area contributed by atoms with Crippen molar-refractivity contribution in [2.24, 2.45) is 0 Å². The van der Waals surface area contributed by atoms with Gasteiger partial charge in [-0.2, -0.15) is 0 Å². The van der Waals surface area contributed by atoms with Crippen molar-refractivity contribution >= 4 is 28.7 Å². The van der Waals surface area contributed by atoms with Crippen LogP contribution >= 0.6 is 0 Å². The number of aliphatic carboxylic acids is 3. The molecular formula is C18H20O8. The molecule has 26 heavy (non-hydrogen) atoms. The van der Waals surface area contributed by atoms with Gasteiger partial charge in [-0.25, -0.2) is 4.79 Å². The molecule has 0 aromatic heterocycles. The van der Waals surface area contributed by atoms with Gasteiger partial charge >= 0.3 is 17.9 Å². The Morgan fingerprint density at radius 3 is 2.00 bits per heavy atom. The normalized spacial score (nSPS) is 12.4. The maximum atomic E-state index is 10.9. The Kier molecular flexibility index (Phi) is 7.54. The molecule has 8 nitrogen and oxygen atoms in total. The van der Waals surface area contributed by atoms with Gasteiger partial charge in [0.2, 0.25) is 0 Å². The van der Waals surface area contributed by atoms with Crippen molar-refractivity contribution in [3.05, 3.63) is 42.0 Å². The number of ether oxygens (including phenoxy) is 1. The van der Waals surface area contributed by atoms with Crippen LogP contribution in [0.2, 0.25) is 0 Å². The summed E-state index contributed by atoms with van der Waals surface area (Å²) in [5, 5.41) is 35.2. The molecule has 0 saturated heterocycles. The molecule has 0 saturated carbocycles. The Labute approximate surface area is 149 Å². The molecule has 8 heteroatoms. The van der Waals surface area contributed by atoms with Crippen LogP contribution in [-0.2, 0) is 14.4 Å². The number of carboxylic acids is 3. The molecule has 2 aromatic rings. The van der Waals surface area contributed by atoms with Crippen molar-refractivity contribution in [3.8, 4) is 5.75 Å². The zero-order valence-electron chi connectivity index (χ0n) is 14.2. The van der Waals surface area contributed by atoms with Crippen molar-refractivity contribution in [1.29, 1.82) is 0 Å². The lowest BCUT2D eigenvalue weighted by molar-refractivity contribution is -0.152. The van der Waals surface area contributed by atoms with Crippen LogP contribution in [-0.4, -0.2) is 51.5 Å². The second-order valence-corrected chi connectivity index (χ2v) is 5.48. The summed E-state index contributed by atoms with van der Waals surface area (Å²) in [5.74, 6) is -3.34. The van der Waals surface area contributed by atoms with Gasteiger partial charge in [-0.3, -0.25) is 9.59 Å². The largest absolute Gasteiger partial charge is 0.497 e. The van der Waals surface area contributed by atoms with Gasteiger partial charge in [0, 0.05) is 0 Å². The Morgan fingerprint density at radius 2 is 1.54 bits per heavy atom. The monoisotopic (exact) mass is 364 g/mol. The van der Waals surface area contributed by atoms with Crippen LogP contribution in [0.15, 0.2) is 36.4 Å². The fraction of sp³-hybridized carbons (Fsp3) is 0.278. The van der Waals surface area contributed by atoms with Gasteiger partial charge < -0.3 is 25.2 Å². The molecule has 2 unspecified atom stereocenters. The quantitative estimate of drug-likeness (QED) is 0.609. The number of rotatable bonds is 6. The predicted octanol–water partition coefficient (Wildman–Crippen LogP) is 1.94. The highest BCUT2D eigenvalue weighted by molar-refractivity contribution is 5.86. The maximum Gasteiger partial charge on any atom is 0.333 e. The van der Waals surface area contributed by atoms with E-state index in [4.69, 9.17) is 25.2 Å². The van der Waals surface area contributed by atoms with Crippen LogP contribution in [0.25, 0.3) is 10.8 Å². The lowest BCUT2D eigenvalue weighted by atomic mass is 9.98. The van der Waals surface area contributed by atoms with E-state index in [1.54, 1.807) is 14.0 Å². The standard InChI is InChI=1S/C14H14O3.C4H6O5/c1-9(14(15)16)10-3-4-12-8-13(17-2)6-5-11(12)7-10;5-2(4(8)9)1-3(6)7/h3-9H,1-2H3,(H,15,16);2,5H,1H2,(H,6,7)(H,8,9). The number of carbonyl (C=O) groups is 3. The fourth-order valence-electron chi connectivity index (χ4n) is 2.03. The van der Waals surface area contributed by atoms with E-state index in [1.165, 1.54) is 0 Å². The first-order valence-corrected chi connectivity index (χ1v) is 7.59. The van der Waals surface area contributed by atoms with Gasteiger partial charge in [0.05, 0.1) is 19.4 Å². The Hall–Kier alpha value is -3.13. The minimum absolute atomic E-state index is 0.485. The number of methoxy groups -OCH3 is 1. The molecule has 0 fully saturated rings.